The van der Waals surface area contributed by atoms with Crippen LogP contribution >= 0.6 is 0 Å². The molecule has 0 saturated carbocycles. The van der Waals surface area contributed by atoms with Gasteiger partial charge in [0.25, 0.3) is 5.91 Å². The summed E-state index contributed by atoms with van der Waals surface area (Å²) >= 11 is 0. The molecule has 3 rings (SSSR count). The van der Waals surface area contributed by atoms with Crippen molar-refractivity contribution >= 4 is 22.8 Å². The molecule has 0 bridgehead atoms. The molecule has 0 aliphatic rings. The summed E-state index contributed by atoms with van der Waals surface area (Å²) in [6.45, 7) is 1.44. The van der Waals surface area contributed by atoms with Crippen molar-refractivity contribution in [3.8, 4) is 11.5 Å². The number of fused-ring (bicyclic) bond motifs is 1. The van der Waals surface area contributed by atoms with E-state index in [1.807, 2.05) is 13.8 Å². The largest absolute Gasteiger partial charge is 0.463 e. The fraction of sp³-hybridized carbons (Fsp3) is 0.400. The Morgan fingerprint density at radius 3 is 2.52 bits per heavy atom. The van der Waals surface area contributed by atoms with Crippen LogP contribution in [-0.4, -0.2) is 69.7 Å². The minimum absolute atomic E-state index is 0.0425. The van der Waals surface area contributed by atoms with Crippen LogP contribution in [0.1, 0.15) is 30.2 Å². The highest BCUT2D eigenvalue weighted by atomic mass is 19.4. The summed E-state index contributed by atoms with van der Waals surface area (Å²) in [5.74, 6) is -1.23. The molecule has 0 N–H and O–H groups in total. The molecule has 0 fully saturated rings. The van der Waals surface area contributed by atoms with Gasteiger partial charge in [-0.1, -0.05) is 0 Å². The molecule has 0 spiro atoms. The van der Waals surface area contributed by atoms with Crippen LogP contribution in [-0.2, 0) is 4.79 Å². The second kappa shape index (κ2) is 8.40. The number of aromatic nitrogens is 3. The van der Waals surface area contributed by atoms with Gasteiger partial charge in [-0.05, 0) is 32.0 Å². The Morgan fingerprint density at radius 1 is 1.26 bits per heavy atom. The Balaban J connectivity index is 2.15. The zero-order chi connectivity index (χ0) is 22.9. The molecule has 31 heavy (non-hydrogen) atoms. The molecule has 3 heterocycles. The van der Waals surface area contributed by atoms with Gasteiger partial charge in [-0.15, -0.1) is 0 Å². The van der Waals surface area contributed by atoms with E-state index >= 15 is 0 Å². The van der Waals surface area contributed by atoms with Crippen LogP contribution in [0.15, 0.2) is 35.1 Å². The second-order valence-electron chi connectivity index (χ2n) is 7.52. The maximum Gasteiger partial charge on any atom is 0.406 e. The van der Waals surface area contributed by atoms with Crippen LogP contribution in [0.5, 0.6) is 0 Å². The summed E-state index contributed by atoms with van der Waals surface area (Å²) in [7, 11) is 2.82. The fourth-order valence-electron chi connectivity index (χ4n) is 3.01. The first-order valence-electron chi connectivity index (χ1n) is 9.46. The van der Waals surface area contributed by atoms with Crippen molar-refractivity contribution in [2.24, 2.45) is 0 Å². The number of carbonyl (C=O) groups is 2. The SMILES string of the molecule is CC(C)n1ncc2c(C(=O)N(CC(=O)N(C)C)CC(F)(F)F)cc(-c3ccco3)nc21. The number of halogens is 3. The van der Waals surface area contributed by atoms with E-state index in [-0.39, 0.29) is 17.3 Å². The average molecular weight is 437 g/mol. The lowest BCUT2D eigenvalue weighted by Crippen LogP contribution is -2.44. The quantitative estimate of drug-likeness (QED) is 0.591. The van der Waals surface area contributed by atoms with E-state index in [0.29, 0.717) is 21.7 Å². The minimum Gasteiger partial charge on any atom is -0.463 e. The van der Waals surface area contributed by atoms with Crippen molar-refractivity contribution in [1.29, 1.82) is 0 Å². The van der Waals surface area contributed by atoms with E-state index in [0.717, 1.165) is 4.90 Å². The molecule has 0 radical (unpaired) electrons. The standard InChI is InChI=1S/C20H22F3N5O3/c1-12(2)28-18-14(9-24-28)13(8-15(25-18)16-6-5-7-31-16)19(30)27(11-20(21,22)23)10-17(29)26(3)4/h5-9,12H,10-11H2,1-4H3. The van der Waals surface area contributed by atoms with Gasteiger partial charge in [0.1, 0.15) is 18.8 Å². The van der Waals surface area contributed by atoms with Crippen molar-refractivity contribution in [3.05, 3.63) is 36.2 Å². The van der Waals surface area contributed by atoms with Gasteiger partial charge in [0, 0.05) is 20.1 Å². The van der Waals surface area contributed by atoms with Gasteiger partial charge < -0.3 is 14.2 Å². The van der Waals surface area contributed by atoms with Crippen molar-refractivity contribution in [2.75, 3.05) is 27.2 Å². The number of carbonyl (C=O) groups excluding carboxylic acids is 2. The molecule has 3 aromatic rings. The number of nitrogens with zero attached hydrogens (tertiary/aromatic N) is 5. The summed E-state index contributed by atoms with van der Waals surface area (Å²) in [5, 5.41) is 4.53. The number of alkyl halides is 3. The summed E-state index contributed by atoms with van der Waals surface area (Å²) in [6, 6.07) is 4.51. The fourth-order valence-corrected chi connectivity index (χ4v) is 3.01. The lowest BCUT2D eigenvalue weighted by Gasteiger charge is -2.25. The minimum atomic E-state index is -4.68. The maximum atomic E-state index is 13.3. The Hall–Kier alpha value is -3.37. The highest BCUT2D eigenvalue weighted by Crippen LogP contribution is 2.28. The Kier molecular flexibility index (Phi) is 6.05. The van der Waals surface area contributed by atoms with E-state index in [9.17, 15) is 22.8 Å². The number of pyridine rings is 1. The summed E-state index contributed by atoms with van der Waals surface area (Å²) in [5.41, 5.74) is 0.561. The van der Waals surface area contributed by atoms with Crippen LogP contribution in [0.4, 0.5) is 13.2 Å². The highest BCUT2D eigenvalue weighted by molar-refractivity contribution is 6.07. The van der Waals surface area contributed by atoms with Gasteiger partial charge in [0.05, 0.1) is 23.4 Å². The molecule has 0 atom stereocenters. The maximum absolute atomic E-state index is 13.3. The van der Waals surface area contributed by atoms with E-state index < -0.39 is 31.1 Å². The Morgan fingerprint density at radius 2 is 1.97 bits per heavy atom. The molecule has 3 aromatic heterocycles. The molecule has 0 aromatic carbocycles. The zero-order valence-electron chi connectivity index (χ0n) is 17.5. The lowest BCUT2D eigenvalue weighted by atomic mass is 10.1. The predicted molar refractivity (Wildman–Crippen MR) is 106 cm³/mol. The molecule has 11 heteroatoms. The highest BCUT2D eigenvalue weighted by Gasteiger charge is 2.35. The molecule has 2 amide bonds. The smallest absolute Gasteiger partial charge is 0.406 e. The molecule has 0 aliphatic carbocycles. The number of hydrogen-bond acceptors (Lipinski definition) is 5. The Bertz CT molecular complexity index is 1090. The second-order valence-corrected chi connectivity index (χ2v) is 7.52. The van der Waals surface area contributed by atoms with E-state index in [4.69, 9.17) is 4.42 Å². The van der Waals surface area contributed by atoms with Crippen molar-refractivity contribution in [1.82, 2.24) is 24.6 Å². The van der Waals surface area contributed by atoms with Crippen molar-refractivity contribution in [3.63, 3.8) is 0 Å². The number of hydrogen-bond donors (Lipinski definition) is 0. The summed E-state index contributed by atoms with van der Waals surface area (Å²) in [6.07, 6.45) is -1.87. The Labute approximate surface area is 176 Å². The van der Waals surface area contributed by atoms with Gasteiger partial charge in [-0.2, -0.15) is 18.3 Å². The number of furan rings is 1. The van der Waals surface area contributed by atoms with E-state index in [2.05, 4.69) is 10.1 Å². The van der Waals surface area contributed by atoms with Crippen LogP contribution in [0.2, 0.25) is 0 Å². The third kappa shape index (κ3) is 4.86. The van der Waals surface area contributed by atoms with Crippen LogP contribution < -0.4 is 0 Å². The third-order valence-corrected chi connectivity index (χ3v) is 4.54. The number of rotatable bonds is 6. The molecule has 0 unspecified atom stereocenters. The zero-order valence-corrected chi connectivity index (χ0v) is 17.5. The third-order valence-electron chi connectivity index (χ3n) is 4.54. The van der Waals surface area contributed by atoms with E-state index in [1.165, 1.54) is 32.6 Å². The van der Waals surface area contributed by atoms with Crippen molar-refractivity contribution in [2.45, 2.75) is 26.1 Å². The van der Waals surface area contributed by atoms with Crippen LogP contribution in [0.25, 0.3) is 22.5 Å². The first kappa shape index (κ1) is 22.3. The van der Waals surface area contributed by atoms with Crippen LogP contribution in [0, 0.1) is 0 Å². The van der Waals surface area contributed by atoms with Gasteiger partial charge in [0.2, 0.25) is 5.91 Å². The van der Waals surface area contributed by atoms with Gasteiger partial charge >= 0.3 is 6.18 Å². The summed E-state index contributed by atoms with van der Waals surface area (Å²) in [4.78, 5) is 31.5. The van der Waals surface area contributed by atoms with Gasteiger partial charge in [-0.25, -0.2) is 9.67 Å². The van der Waals surface area contributed by atoms with Gasteiger partial charge in [-0.3, -0.25) is 9.59 Å². The lowest BCUT2D eigenvalue weighted by molar-refractivity contribution is -0.146. The molecule has 166 valence electrons. The molecule has 0 aliphatic heterocycles. The van der Waals surface area contributed by atoms with E-state index in [1.54, 1.807) is 16.8 Å². The van der Waals surface area contributed by atoms with Crippen LogP contribution in [0.3, 0.4) is 0 Å². The molecular formula is C20H22F3N5O3. The number of likely N-dealkylation sites (N-methyl/N-ethyl adjacent to an activating group) is 1. The topological polar surface area (TPSA) is 84.5 Å². The first-order chi connectivity index (χ1) is 14.5. The van der Waals surface area contributed by atoms with Crippen molar-refractivity contribution < 1.29 is 27.2 Å². The monoisotopic (exact) mass is 437 g/mol. The number of amides is 2. The normalized spacial score (nSPS) is 11.9. The molecule has 8 nitrogen and oxygen atoms in total. The average Bonchev–Trinajstić information content (AvgIpc) is 3.34. The molecular weight excluding hydrogens is 415 g/mol. The van der Waals surface area contributed by atoms with Gasteiger partial charge in [0.15, 0.2) is 11.4 Å². The predicted octanol–water partition coefficient (Wildman–Crippen LogP) is 3.36. The first-order valence-corrected chi connectivity index (χ1v) is 9.46. The summed E-state index contributed by atoms with van der Waals surface area (Å²) < 4.78 is 46.5. The molecule has 0 saturated heterocycles.